The lowest BCUT2D eigenvalue weighted by Gasteiger charge is -2.38. The summed E-state index contributed by atoms with van der Waals surface area (Å²) in [5.41, 5.74) is 0. The van der Waals surface area contributed by atoms with E-state index in [2.05, 4.69) is 12.2 Å². The molecule has 1 rings (SSSR count). The highest BCUT2D eigenvalue weighted by atomic mass is 16.2. The number of hydrogen-bond donors (Lipinski definition) is 1. The second-order valence-corrected chi connectivity index (χ2v) is 3.10. The molecule has 1 aliphatic heterocycles. The molecule has 1 amide bonds. The highest BCUT2D eigenvalue weighted by Crippen LogP contribution is 2.13. The van der Waals surface area contributed by atoms with Gasteiger partial charge in [0.1, 0.15) is 0 Å². The fourth-order valence-electron chi connectivity index (χ4n) is 1.30. The Bertz CT molecular complexity index is 141. The second-order valence-electron chi connectivity index (χ2n) is 3.10. The van der Waals surface area contributed by atoms with Crippen LogP contribution in [0.3, 0.4) is 0 Å². The van der Waals surface area contributed by atoms with Gasteiger partial charge >= 0.3 is 0 Å². The number of nitrogens with zero attached hydrogens (tertiary/aromatic N) is 1. The maximum absolute atomic E-state index is 10.8. The molecule has 1 aliphatic rings. The lowest BCUT2D eigenvalue weighted by Crippen LogP contribution is -2.52. The van der Waals surface area contributed by atoms with Crippen molar-refractivity contribution >= 4 is 5.91 Å². The summed E-state index contributed by atoms with van der Waals surface area (Å²) < 4.78 is 0. The summed E-state index contributed by atoms with van der Waals surface area (Å²) in [5.74, 6) is 0.900. The zero-order chi connectivity index (χ0) is 8.27. The fourth-order valence-corrected chi connectivity index (χ4v) is 1.30. The quantitative estimate of drug-likeness (QED) is 0.627. The molecule has 0 atom stereocenters. The fraction of sp³-hybridized carbons (Fsp3) is 0.875. The van der Waals surface area contributed by atoms with Crippen LogP contribution in [0, 0.1) is 5.92 Å². The van der Waals surface area contributed by atoms with Gasteiger partial charge < -0.3 is 10.2 Å². The maximum Gasteiger partial charge on any atom is 0.219 e. The van der Waals surface area contributed by atoms with Gasteiger partial charge in [-0.2, -0.15) is 0 Å². The molecular formula is C8H16N2O. The molecule has 0 aromatic carbocycles. The normalized spacial score (nSPS) is 18.2. The van der Waals surface area contributed by atoms with Crippen molar-refractivity contribution in [2.45, 2.75) is 13.8 Å². The predicted molar refractivity (Wildman–Crippen MR) is 44.3 cm³/mol. The van der Waals surface area contributed by atoms with Crippen LogP contribution in [-0.2, 0) is 4.79 Å². The third kappa shape index (κ3) is 2.19. The first kappa shape index (κ1) is 8.53. The number of nitrogens with one attached hydrogen (secondary N) is 1. The van der Waals surface area contributed by atoms with E-state index in [1.807, 2.05) is 4.90 Å². The first-order chi connectivity index (χ1) is 5.24. The molecule has 1 fully saturated rings. The molecule has 0 unspecified atom stereocenters. The molecule has 0 aliphatic carbocycles. The van der Waals surface area contributed by atoms with Crippen LogP contribution in [0.15, 0.2) is 0 Å². The van der Waals surface area contributed by atoms with Crippen LogP contribution in [0.2, 0.25) is 0 Å². The van der Waals surface area contributed by atoms with Crippen LogP contribution in [0.1, 0.15) is 13.8 Å². The molecule has 0 bridgehead atoms. The lowest BCUT2D eigenvalue weighted by molar-refractivity contribution is -0.134. The van der Waals surface area contributed by atoms with Crippen LogP contribution in [0.25, 0.3) is 0 Å². The van der Waals surface area contributed by atoms with Crippen molar-refractivity contribution in [1.82, 2.24) is 10.2 Å². The molecule has 3 nitrogen and oxygen atoms in total. The van der Waals surface area contributed by atoms with E-state index < -0.39 is 0 Å². The summed E-state index contributed by atoms with van der Waals surface area (Å²) in [4.78, 5) is 12.6. The van der Waals surface area contributed by atoms with Crippen LogP contribution in [0.5, 0.6) is 0 Å². The molecule has 3 heteroatoms. The second kappa shape index (κ2) is 3.72. The van der Waals surface area contributed by atoms with Crippen LogP contribution >= 0.6 is 0 Å². The minimum absolute atomic E-state index is 0.206. The highest BCUT2D eigenvalue weighted by molar-refractivity contribution is 5.74. The largest absolute Gasteiger partial charge is 0.342 e. The highest BCUT2D eigenvalue weighted by Gasteiger charge is 2.27. The van der Waals surface area contributed by atoms with Gasteiger partial charge in [-0.25, -0.2) is 0 Å². The molecule has 1 N–H and O–H groups in total. The van der Waals surface area contributed by atoms with Crippen molar-refractivity contribution in [3.8, 4) is 0 Å². The summed E-state index contributed by atoms with van der Waals surface area (Å²) >= 11 is 0. The molecule has 0 spiro atoms. The Morgan fingerprint density at radius 2 is 2.27 bits per heavy atom. The zero-order valence-electron chi connectivity index (χ0n) is 7.26. The Hall–Kier alpha value is -0.570. The average Bonchev–Trinajstić information content (AvgIpc) is 1.84. The van der Waals surface area contributed by atoms with Gasteiger partial charge in [-0.15, -0.1) is 0 Å². The molecule has 0 aromatic heterocycles. The minimum atomic E-state index is 0.206. The van der Waals surface area contributed by atoms with Crippen LogP contribution < -0.4 is 5.32 Å². The van der Waals surface area contributed by atoms with Gasteiger partial charge in [0.25, 0.3) is 0 Å². The zero-order valence-corrected chi connectivity index (χ0v) is 7.26. The molecule has 0 radical (unpaired) electrons. The summed E-state index contributed by atoms with van der Waals surface area (Å²) in [6.45, 7) is 7.70. The van der Waals surface area contributed by atoms with E-state index in [1.54, 1.807) is 6.92 Å². The number of carbonyl (C=O) groups excluding carboxylic acids is 1. The topological polar surface area (TPSA) is 32.3 Å². The lowest BCUT2D eigenvalue weighted by atomic mass is 10.0. The van der Waals surface area contributed by atoms with E-state index >= 15 is 0 Å². The number of carbonyl (C=O) groups is 1. The molecule has 0 aromatic rings. The molecular weight excluding hydrogens is 140 g/mol. The van der Waals surface area contributed by atoms with Gasteiger partial charge in [0.05, 0.1) is 0 Å². The van der Waals surface area contributed by atoms with Crippen molar-refractivity contribution in [3.05, 3.63) is 0 Å². The molecule has 1 heterocycles. The Labute approximate surface area is 67.8 Å². The predicted octanol–water partition coefficient (Wildman–Crippen LogP) is 0.0742. The first-order valence-corrected chi connectivity index (χ1v) is 4.20. The Balaban J connectivity index is 2.05. The van der Waals surface area contributed by atoms with E-state index in [-0.39, 0.29) is 5.91 Å². The summed E-state index contributed by atoms with van der Waals surface area (Å²) in [5, 5.41) is 3.27. The summed E-state index contributed by atoms with van der Waals surface area (Å²) in [6.07, 6.45) is 0. The smallest absolute Gasteiger partial charge is 0.219 e. The van der Waals surface area contributed by atoms with Gasteiger partial charge in [-0.05, 0) is 6.54 Å². The Morgan fingerprint density at radius 3 is 2.73 bits per heavy atom. The van der Waals surface area contributed by atoms with Crippen molar-refractivity contribution in [2.24, 2.45) is 5.92 Å². The Morgan fingerprint density at radius 1 is 1.64 bits per heavy atom. The van der Waals surface area contributed by atoms with E-state index in [9.17, 15) is 4.79 Å². The van der Waals surface area contributed by atoms with E-state index in [4.69, 9.17) is 0 Å². The van der Waals surface area contributed by atoms with Gasteiger partial charge in [-0.1, -0.05) is 6.92 Å². The van der Waals surface area contributed by atoms with Crippen molar-refractivity contribution in [2.75, 3.05) is 26.2 Å². The Kier molecular flexibility index (Phi) is 2.88. The van der Waals surface area contributed by atoms with Crippen LogP contribution in [-0.4, -0.2) is 37.0 Å². The monoisotopic (exact) mass is 156 g/mol. The first-order valence-electron chi connectivity index (χ1n) is 4.20. The minimum Gasteiger partial charge on any atom is -0.342 e. The number of amides is 1. The number of hydrogen-bond acceptors (Lipinski definition) is 2. The van der Waals surface area contributed by atoms with Gasteiger partial charge in [0, 0.05) is 32.5 Å². The van der Waals surface area contributed by atoms with E-state index in [0.29, 0.717) is 5.92 Å². The average molecular weight is 156 g/mol. The van der Waals surface area contributed by atoms with E-state index in [1.165, 1.54) is 0 Å². The van der Waals surface area contributed by atoms with Crippen LogP contribution in [0.4, 0.5) is 0 Å². The number of rotatable bonds is 3. The molecule has 1 saturated heterocycles. The summed E-state index contributed by atoms with van der Waals surface area (Å²) in [7, 11) is 0. The standard InChI is InChI=1S/C8H16N2O/c1-3-9-4-8-5-10(6-8)7(2)11/h8-9H,3-6H2,1-2H3. The van der Waals surface area contributed by atoms with Gasteiger partial charge in [-0.3, -0.25) is 4.79 Å². The maximum atomic E-state index is 10.8. The third-order valence-corrected chi connectivity index (χ3v) is 2.09. The van der Waals surface area contributed by atoms with Crippen molar-refractivity contribution in [1.29, 1.82) is 0 Å². The SMILES string of the molecule is CCNCC1CN(C(C)=O)C1. The van der Waals surface area contributed by atoms with E-state index in [0.717, 1.165) is 26.2 Å². The van der Waals surface area contributed by atoms with Gasteiger partial charge in [0.2, 0.25) is 5.91 Å². The molecule has 11 heavy (non-hydrogen) atoms. The third-order valence-electron chi connectivity index (χ3n) is 2.09. The van der Waals surface area contributed by atoms with Crippen molar-refractivity contribution < 1.29 is 4.79 Å². The van der Waals surface area contributed by atoms with Gasteiger partial charge in [0.15, 0.2) is 0 Å². The molecule has 0 saturated carbocycles. The van der Waals surface area contributed by atoms with Crippen molar-refractivity contribution in [3.63, 3.8) is 0 Å². The summed E-state index contributed by atoms with van der Waals surface area (Å²) in [6, 6.07) is 0. The molecule has 64 valence electrons. The number of likely N-dealkylation sites (tertiary alicyclic amines) is 1.